The Kier molecular flexibility index (Phi) is 4.94. The molecule has 2 aromatic heterocycles. The third-order valence-electron chi connectivity index (χ3n) is 3.30. The molecule has 0 atom stereocenters. The summed E-state index contributed by atoms with van der Waals surface area (Å²) < 4.78 is 18.0. The van der Waals surface area contributed by atoms with Crippen LogP contribution in [-0.4, -0.2) is 22.0 Å². The Hall–Kier alpha value is -3.26. The molecule has 3 rings (SSSR count). The summed E-state index contributed by atoms with van der Waals surface area (Å²) in [6.45, 7) is 1.69. The third kappa shape index (κ3) is 4.04. The van der Waals surface area contributed by atoms with Crippen LogP contribution in [-0.2, 0) is 0 Å². The normalized spacial score (nSPS) is 10.4. The zero-order chi connectivity index (χ0) is 18.7. The van der Waals surface area contributed by atoms with E-state index in [2.05, 4.69) is 20.8 Å². The zero-order valence-corrected chi connectivity index (χ0v) is 14.2. The zero-order valence-electron chi connectivity index (χ0n) is 13.4. The second kappa shape index (κ2) is 7.32. The molecule has 0 spiro atoms. The van der Waals surface area contributed by atoms with E-state index in [0.717, 1.165) is 6.07 Å². The predicted octanol–water partition coefficient (Wildman–Crippen LogP) is 3.68. The van der Waals surface area contributed by atoms with Crippen molar-refractivity contribution in [3.8, 4) is 0 Å². The molecule has 0 aliphatic rings. The molecule has 0 fully saturated rings. The fraction of sp³-hybridized carbons (Fsp3) is 0.0588. The number of hydrogen-bond donors (Lipinski definition) is 2. The number of nitrogens with one attached hydrogen (secondary N) is 2. The van der Waals surface area contributed by atoms with E-state index in [9.17, 15) is 14.0 Å². The van der Waals surface area contributed by atoms with Gasteiger partial charge >= 0.3 is 0 Å². The summed E-state index contributed by atoms with van der Waals surface area (Å²) in [6, 6.07) is 8.11. The Bertz CT molecular complexity index is 990. The fourth-order valence-electron chi connectivity index (χ4n) is 2.08. The van der Waals surface area contributed by atoms with Gasteiger partial charge in [-0.25, -0.2) is 4.39 Å². The van der Waals surface area contributed by atoms with E-state index in [4.69, 9.17) is 16.1 Å². The number of nitrogens with zero attached hydrogens (tertiary/aromatic N) is 2. The van der Waals surface area contributed by atoms with Crippen LogP contribution >= 0.6 is 11.6 Å². The van der Waals surface area contributed by atoms with E-state index in [1.54, 1.807) is 13.0 Å². The summed E-state index contributed by atoms with van der Waals surface area (Å²) in [5.74, 6) is -0.826. The van der Waals surface area contributed by atoms with Gasteiger partial charge in [-0.15, -0.1) is 0 Å². The van der Waals surface area contributed by atoms with E-state index >= 15 is 0 Å². The molecule has 9 heteroatoms. The molecule has 132 valence electrons. The molecular weight excluding hydrogens is 363 g/mol. The summed E-state index contributed by atoms with van der Waals surface area (Å²) in [7, 11) is 0. The van der Waals surface area contributed by atoms with E-state index < -0.39 is 17.6 Å². The van der Waals surface area contributed by atoms with Gasteiger partial charge in [0, 0.05) is 23.5 Å². The second-order valence-electron chi connectivity index (χ2n) is 5.29. The summed E-state index contributed by atoms with van der Waals surface area (Å²) in [4.78, 5) is 28.4. The molecule has 0 saturated carbocycles. The summed E-state index contributed by atoms with van der Waals surface area (Å²) in [6.07, 6.45) is 1.33. The standard InChI is InChI=1S/C17H12ClFN4O3/c1-9-6-15(23-26-9)22-16(24)10-4-5-20-14(7-10)17(25)21-11-2-3-13(19)12(18)8-11/h2-8H,1H3,(H,21,25)(H,22,23,24). The molecule has 0 aliphatic carbocycles. The highest BCUT2D eigenvalue weighted by atomic mass is 35.5. The Morgan fingerprint density at radius 3 is 2.62 bits per heavy atom. The maximum absolute atomic E-state index is 13.2. The molecule has 26 heavy (non-hydrogen) atoms. The lowest BCUT2D eigenvalue weighted by Gasteiger charge is -2.07. The Balaban J connectivity index is 1.74. The third-order valence-corrected chi connectivity index (χ3v) is 3.59. The van der Waals surface area contributed by atoms with Crippen LogP contribution < -0.4 is 10.6 Å². The lowest BCUT2D eigenvalue weighted by molar-refractivity contribution is 0.102. The smallest absolute Gasteiger partial charge is 0.274 e. The maximum atomic E-state index is 13.2. The first-order valence-corrected chi connectivity index (χ1v) is 7.77. The number of aryl methyl sites for hydroxylation is 1. The van der Waals surface area contributed by atoms with Gasteiger partial charge in [0.05, 0.1) is 5.02 Å². The number of anilines is 2. The van der Waals surface area contributed by atoms with Gasteiger partial charge in [0.1, 0.15) is 17.3 Å². The maximum Gasteiger partial charge on any atom is 0.274 e. The highest BCUT2D eigenvalue weighted by Gasteiger charge is 2.14. The van der Waals surface area contributed by atoms with Gasteiger partial charge in [-0.1, -0.05) is 16.8 Å². The van der Waals surface area contributed by atoms with Gasteiger partial charge < -0.3 is 15.2 Å². The van der Waals surface area contributed by atoms with E-state index in [0.29, 0.717) is 11.4 Å². The van der Waals surface area contributed by atoms with Gasteiger partial charge in [-0.05, 0) is 37.3 Å². The van der Waals surface area contributed by atoms with Crippen LogP contribution in [0, 0.1) is 12.7 Å². The van der Waals surface area contributed by atoms with Crippen molar-refractivity contribution in [2.45, 2.75) is 6.92 Å². The van der Waals surface area contributed by atoms with Crippen LogP contribution in [0.15, 0.2) is 47.1 Å². The van der Waals surface area contributed by atoms with E-state index in [1.807, 2.05) is 0 Å². The first kappa shape index (κ1) is 17.6. The minimum atomic E-state index is -0.593. The number of benzene rings is 1. The van der Waals surface area contributed by atoms with Gasteiger partial charge in [0.25, 0.3) is 11.8 Å². The largest absolute Gasteiger partial charge is 0.360 e. The van der Waals surface area contributed by atoms with Crippen molar-refractivity contribution in [3.05, 3.63) is 70.5 Å². The van der Waals surface area contributed by atoms with Crippen molar-refractivity contribution >= 4 is 34.9 Å². The average molecular weight is 375 g/mol. The molecule has 0 bridgehead atoms. The van der Waals surface area contributed by atoms with Crippen LogP contribution in [0.5, 0.6) is 0 Å². The van der Waals surface area contributed by atoms with Crippen molar-refractivity contribution in [2.75, 3.05) is 10.6 Å². The molecule has 2 heterocycles. The topological polar surface area (TPSA) is 97.1 Å². The number of amides is 2. The number of rotatable bonds is 4. The number of aromatic nitrogens is 2. The van der Waals surface area contributed by atoms with Crippen molar-refractivity contribution < 1.29 is 18.5 Å². The van der Waals surface area contributed by atoms with Gasteiger partial charge in [-0.3, -0.25) is 14.6 Å². The van der Waals surface area contributed by atoms with Crippen LogP contribution in [0.3, 0.4) is 0 Å². The number of carbonyl (C=O) groups excluding carboxylic acids is 2. The highest BCUT2D eigenvalue weighted by molar-refractivity contribution is 6.31. The number of halogens is 2. The molecule has 3 aromatic rings. The van der Waals surface area contributed by atoms with Gasteiger partial charge in [-0.2, -0.15) is 0 Å². The molecule has 0 unspecified atom stereocenters. The molecule has 0 saturated heterocycles. The molecule has 0 radical (unpaired) electrons. The van der Waals surface area contributed by atoms with Crippen LogP contribution in [0.4, 0.5) is 15.9 Å². The first-order chi connectivity index (χ1) is 12.4. The minimum absolute atomic E-state index is 0.00873. The lowest BCUT2D eigenvalue weighted by Crippen LogP contribution is -2.17. The summed E-state index contributed by atoms with van der Waals surface area (Å²) in [5, 5.41) is 8.63. The Morgan fingerprint density at radius 2 is 1.92 bits per heavy atom. The fourth-order valence-corrected chi connectivity index (χ4v) is 2.26. The summed E-state index contributed by atoms with van der Waals surface area (Å²) >= 11 is 5.68. The lowest BCUT2D eigenvalue weighted by atomic mass is 10.2. The molecule has 2 N–H and O–H groups in total. The Labute approximate surface area is 152 Å². The van der Waals surface area contributed by atoms with Crippen LogP contribution in [0.2, 0.25) is 5.02 Å². The van der Waals surface area contributed by atoms with Crippen LogP contribution in [0.1, 0.15) is 26.6 Å². The van der Waals surface area contributed by atoms with Crippen molar-refractivity contribution in [2.24, 2.45) is 0 Å². The van der Waals surface area contributed by atoms with Gasteiger partial charge in [0.15, 0.2) is 5.82 Å². The van der Waals surface area contributed by atoms with Crippen LogP contribution in [0.25, 0.3) is 0 Å². The predicted molar refractivity (Wildman–Crippen MR) is 92.8 cm³/mol. The minimum Gasteiger partial charge on any atom is -0.360 e. The second-order valence-corrected chi connectivity index (χ2v) is 5.70. The molecule has 2 amide bonds. The molecule has 1 aromatic carbocycles. The van der Waals surface area contributed by atoms with Gasteiger partial charge in [0.2, 0.25) is 0 Å². The highest BCUT2D eigenvalue weighted by Crippen LogP contribution is 2.20. The molecule has 0 aliphatic heterocycles. The SMILES string of the molecule is Cc1cc(NC(=O)c2ccnc(C(=O)Nc3ccc(F)c(Cl)c3)c2)no1. The monoisotopic (exact) mass is 374 g/mol. The number of carbonyl (C=O) groups is 2. The Morgan fingerprint density at radius 1 is 1.12 bits per heavy atom. The van der Waals surface area contributed by atoms with Crippen molar-refractivity contribution in [1.82, 2.24) is 10.1 Å². The molecular formula is C17H12ClFN4O3. The van der Waals surface area contributed by atoms with E-state index in [-0.39, 0.29) is 22.1 Å². The summed E-state index contributed by atoms with van der Waals surface area (Å²) in [5.41, 5.74) is 0.522. The average Bonchev–Trinajstić information content (AvgIpc) is 3.03. The van der Waals surface area contributed by atoms with E-state index in [1.165, 1.54) is 30.5 Å². The molecule has 7 nitrogen and oxygen atoms in total. The quantitative estimate of drug-likeness (QED) is 0.726. The first-order valence-electron chi connectivity index (χ1n) is 7.39. The van der Waals surface area contributed by atoms with Crippen molar-refractivity contribution in [3.63, 3.8) is 0 Å². The number of pyridine rings is 1. The van der Waals surface area contributed by atoms with Crippen molar-refractivity contribution in [1.29, 1.82) is 0 Å². The number of hydrogen-bond acceptors (Lipinski definition) is 5.